The number of amides is 1. The van der Waals surface area contributed by atoms with Crippen LogP contribution in [0.25, 0.3) is 11.1 Å². The summed E-state index contributed by atoms with van der Waals surface area (Å²) in [5, 5.41) is 0. The zero-order chi connectivity index (χ0) is 14.5. The standard InChI is InChI=1S/C16H18N2O2/c1-11-2-4-12(5-3-11)13-6-8-14(9-7-13)20-10-15(17)16(18)19/h2-9,15H,10,17H2,1H3,(H2,18,19). The summed E-state index contributed by atoms with van der Waals surface area (Å²) in [7, 11) is 0. The molecule has 0 saturated heterocycles. The predicted octanol–water partition coefficient (Wildman–Crippen LogP) is 1.85. The zero-order valence-electron chi connectivity index (χ0n) is 11.4. The fourth-order valence-electron chi connectivity index (χ4n) is 1.76. The number of primary amides is 1. The molecule has 0 bridgehead atoms. The van der Waals surface area contributed by atoms with Crippen LogP contribution >= 0.6 is 0 Å². The number of hydrogen-bond donors (Lipinski definition) is 2. The maximum atomic E-state index is 10.8. The van der Waals surface area contributed by atoms with Crippen molar-refractivity contribution < 1.29 is 9.53 Å². The Labute approximate surface area is 118 Å². The van der Waals surface area contributed by atoms with Crippen molar-refractivity contribution in [1.82, 2.24) is 0 Å². The first-order chi connectivity index (χ1) is 9.56. The molecule has 20 heavy (non-hydrogen) atoms. The summed E-state index contributed by atoms with van der Waals surface area (Å²) in [6, 6.07) is 15.2. The predicted molar refractivity (Wildman–Crippen MR) is 79.3 cm³/mol. The Hall–Kier alpha value is -2.33. The van der Waals surface area contributed by atoms with E-state index in [-0.39, 0.29) is 6.61 Å². The molecule has 0 aliphatic carbocycles. The topological polar surface area (TPSA) is 78.3 Å². The van der Waals surface area contributed by atoms with Gasteiger partial charge in [-0.2, -0.15) is 0 Å². The molecule has 2 rings (SSSR count). The Kier molecular flexibility index (Phi) is 4.38. The van der Waals surface area contributed by atoms with Gasteiger partial charge in [0, 0.05) is 0 Å². The Morgan fingerprint density at radius 2 is 1.55 bits per heavy atom. The molecule has 4 heteroatoms. The maximum absolute atomic E-state index is 10.8. The second kappa shape index (κ2) is 6.21. The van der Waals surface area contributed by atoms with Gasteiger partial charge in [0.2, 0.25) is 5.91 Å². The van der Waals surface area contributed by atoms with Crippen LogP contribution in [0, 0.1) is 6.92 Å². The molecule has 0 fully saturated rings. The third-order valence-electron chi connectivity index (χ3n) is 3.03. The van der Waals surface area contributed by atoms with Gasteiger partial charge in [0.05, 0.1) is 0 Å². The second-order valence-electron chi connectivity index (χ2n) is 4.71. The molecule has 1 atom stereocenters. The first-order valence-electron chi connectivity index (χ1n) is 6.41. The third-order valence-corrected chi connectivity index (χ3v) is 3.03. The number of nitrogens with two attached hydrogens (primary N) is 2. The molecule has 0 spiro atoms. The first-order valence-corrected chi connectivity index (χ1v) is 6.41. The van der Waals surface area contributed by atoms with E-state index < -0.39 is 11.9 Å². The molecule has 2 aromatic rings. The zero-order valence-corrected chi connectivity index (χ0v) is 11.4. The van der Waals surface area contributed by atoms with Gasteiger partial charge in [-0.05, 0) is 30.2 Å². The molecule has 2 aromatic carbocycles. The van der Waals surface area contributed by atoms with E-state index in [1.54, 1.807) is 0 Å². The van der Waals surface area contributed by atoms with Crippen LogP contribution in [0.2, 0.25) is 0 Å². The molecule has 0 aliphatic heterocycles. The number of hydrogen-bond acceptors (Lipinski definition) is 3. The van der Waals surface area contributed by atoms with E-state index in [4.69, 9.17) is 16.2 Å². The van der Waals surface area contributed by atoms with Crippen molar-refractivity contribution in [3.63, 3.8) is 0 Å². The fraction of sp³-hybridized carbons (Fsp3) is 0.188. The molecule has 0 heterocycles. The number of carbonyl (C=O) groups excluding carboxylic acids is 1. The van der Waals surface area contributed by atoms with Crippen LogP contribution in [0.5, 0.6) is 5.75 Å². The average molecular weight is 270 g/mol. The smallest absolute Gasteiger partial charge is 0.237 e. The summed E-state index contributed by atoms with van der Waals surface area (Å²) in [5.41, 5.74) is 14.1. The van der Waals surface area contributed by atoms with Gasteiger partial charge >= 0.3 is 0 Å². The van der Waals surface area contributed by atoms with Gasteiger partial charge in [0.1, 0.15) is 18.4 Å². The number of benzene rings is 2. The van der Waals surface area contributed by atoms with Gasteiger partial charge in [-0.25, -0.2) is 0 Å². The molecule has 0 aromatic heterocycles. The van der Waals surface area contributed by atoms with E-state index in [2.05, 4.69) is 31.2 Å². The normalized spacial score (nSPS) is 11.9. The molecule has 104 valence electrons. The summed E-state index contributed by atoms with van der Waals surface area (Å²) in [6.45, 7) is 2.14. The van der Waals surface area contributed by atoms with Crippen molar-refractivity contribution in [2.45, 2.75) is 13.0 Å². The Balaban J connectivity index is 2.03. The lowest BCUT2D eigenvalue weighted by atomic mass is 10.0. The van der Waals surface area contributed by atoms with Crippen molar-refractivity contribution in [2.24, 2.45) is 11.5 Å². The Morgan fingerprint density at radius 1 is 1.05 bits per heavy atom. The van der Waals surface area contributed by atoms with E-state index in [1.165, 1.54) is 5.56 Å². The highest BCUT2D eigenvalue weighted by molar-refractivity contribution is 5.79. The molecular weight excluding hydrogens is 252 g/mol. The van der Waals surface area contributed by atoms with Crippen LogP contribution in [0.1, 0.15) is 5.56 Å². The summed E-state index contributed by atoms with van der Waals surface area (Å²) in [4.78, 5) is 10.8. The highest BCUT2D eigenvalue weighted by Gasteiger charge is 2.09. The van der Waals surface area contributed by atoms with Crippen LogP contribution < -0.4 is 16.2 Å². The van der Waals surface area contributed by atoms with Crippen LogP contribution in [-0.2, 0) is 4.79 Å². The third kappa shape index (κ3) is 3.59. The number of rotatable bonds is 5. The van der Waals surface area contributed by atoms with Crippen molar-refractivity contribution in [3.05, 3.63) is 54.1 Å². The van der Waals surface area contributed by atoms with Gasteiger partial charge < -0.3 is 16.2 Å². The van der Waals surface area contributed by atoms with E-state index in [1.807, 2.05) is 24.3 Å². The van der Waals surface area contributed by atoms with Gasteiger partial charge in [-0.3, -0.25) is 4.79 Å². The lowest BCUT2D eigenvalue weighted by Crippen LogP contribution is -2.41. The molecule has 1 unspecified atom stereocenters. The quantitative estimate of drug-likeness (QED) is 0.870. The van der Waals surface area contributed by atoms with Gasteiger partial charge in [0.15, 0.2) is 0 Å². The summed E-state index contributed by atoms with van der Waals surface area (Å²) in [6.07, 6.45) is 0. The van der Waals surface area contributed by atoms with Crippen LogP contribution in [0.3, 0.4) is 0 Å². The SMILES string of the molecule is Cc1ccc(-c2ccc(OCC(N)C(N)=O)cc2)cc1. The molecule has 4 nitrogen and oxygen atoms in total. The van der Waals surface area contributed by atoms with E-state index >= 15 is 0 Å². The van der Waals surface area contributed by atoms with Gasteiger partial charge in [-0.15, -0.1) is 0 Å². The monoisotopic (exact) mass is 270 g/mol. The van der Waals surface area contributed by atoms with Gasteiger partial charge in [0.25, 0.3) is 0 Å². The minimum Gasteiger partial charge on any atom is -0.491 e. The van der Waals surface area contributed by atoms with Crippen LogP contribution in [-0.4, -0.2) is 18.6 Å². The number of carbonyl (C=O) groups is 1. The summed E-state index contributed by atoms with van der Waals surface area (Å²) >= 11 is 0. The van der Waals surface area contributed by atoms with E-state index in [0.29, 0.717) is 5.75 Å². The molecule has 4 N–H and O–H groups in total. The molecule has 0 saturated carbocycles. The highest BCUT2D eigenvalue weighted by Crippen LogP contribution is 2.22. The average Bonchev–Trinajstić information content (AvgIpc) is 2.46. The van der Waals surface area contributed by atoms with Crippen molar-refractivity contribution in [3.8, 4) is 16.9 Å². The minimum absolute atomic E-state index is 0.0826. The number of aryl methyl sites for hydroxylation is 1. The maximum Gasteiger partial charge on any atom is 0.237 e. The highest BCUT2D eigenvalue weighted by atomic mass is 16.5. The molecular formula is C16H18N2O2. The van der Waals surface area contributed by atoms with Crippen molar-refractivity contribution >= 4 is 5.91 Å². The Morgan fingerprint density at radius 3 is 2.05 bits per heavy atom. The fourth-order valence-corrected chi connectivity index (χ4v) is 1.76. The first kappa shape index (κ1) is 14.1. The minimum atomic E-state index is -0.785. The summed E-state index contributed by atoms with van der Waals surface area (Å²) in [5.74, 6) is 0.0961. The van der Waals surface area contributed by atoms with Crippen molar-refractivity contribution in [2.75, 3.05) is 6.61 Å². The van der Waals surface area contributed by atoms with E-state index in [9.17, 15) is 4.79 Å². The number of ether oxygens (including phenoxy) is 1. The van der Waals surface area contributed by atoms with Gasteiger partial charge in [-0.1, -0.05) is 42.0 Å². The largest absolute Gasteiger partial charge is 0.491 e. The van der Waals surface area contributed by atoms with E-state index in [0.717, 1.165) is 11.1 Å². The molecule has 0 radical (unpaired) electrons. The lowest BCUT2D eigenvalue weighted by Gasteiger charge is -2.10. The Bertz CT molecular complexity index is 576. The molecule has 0 aliphatic rings. The van der Waals surface area contributed by atoms with Crippen LogP contribution in [0.15, 0.2) is 48.5 Å². The summed E-state index contributed by atoms with van der Waals surface area (Å²) < 4.78 is 5.41. The van der Waals surface area contributed by atoms with Crippen molar-refractivity contribution in [1.29, 1.82) is 0 Å². The molecule has 1 amide bonds. The lowest BCUT2D eigenvalue weighted by molar-refractivity contribution is -0.119. The van der Waals surface area contributed by atoms with Crippen LogP contribution in [0.4, 0.5) is 0 Å². The second-order valence-corrected chi connectivity index (χ2v) is 4.71.